The monoisotopic (exact) mass is 340 g/mol. The third-order valence-corrected chi connectivity index (χ3v) is 3.81. The molecule has 0 fully saturated rings. The van der Waals surface area contributed by atoms with E-state index >= 15 is 0 Å². The fourth-order valence-corrected chi connectivity index (χ4v) is 2.57. The second-order valence-electron chi connectivity index (χ2n) is 5.41. The standard InChI is InChI=1S/C15H15F3N4O2/c1-24-11-3-2-8-22-12(11)19-14(21-22)20-13(23)9-4-6-10(7-5-9)15(16,17)18/h4-7,11H,2-3,8H2,1H3,(H,20,21,23). The molecule has 1 aliphatic heterocycles. The molecule has 1 atom stereocenters. The molecule has 1 aliphatic rings. The summed E-state index contributed by atoms with van der Waals surface area (Å²) in [6.07, 6.45) is -2.90. The van der Waals surface area contributed by atoms with Crippen molar-refractivity contribution >= 4 is 11.9 Å². The Morgan fingerprint density at radius 2 is 2.04 bits per heavy atom. The fourth-order valence-electron chi connectivity index (χ4n) is 2.57. The van der Waals surface area contributed by atoms with Crippen LogP contribution in [-0.2, 0) is 17.5 Å². The lowest BCUT2D eigenvalue weighted by Crippen LogP contribution is -2.18. The molecule has 0 saturated carbocycles. The minimum atomic E-state index is -4.44. The summed E-state index contributed by atoms with van der Waals surface area (Å²) in [5.74, 6) is 0.172. The number of carbonyl (C=O) groups is 1. The number of aryl methyl sites for hydroxylation is 1. The van der Waals surface area contributed by atoms with E-state index in [0.29, 0.717) is 12.4 Å². The summed E-state index contributed by atoms with van der Waals surface area (Å²) in [7, 11) is 1.58. The normalized spacial score (nSPS) is 17.4. The Balaban J connectivity index is 1.74. The lowest BCUT2D eigenvalue weighted by molar-refractivity contribution is -0.137. The van der Waals surface area contributed by atoms with E-state index in [0.717, 1.165) is 37.1 Å². The SMILES string of the molecule is COC1CCCn2nc(NC(=O)c3ccc(C(F)(F)F)cc3)nc21. The van der Waals surface area contributed by atoms with Crippen LogP contribution in [0.3, 0.4) is 0 Å². The average molecular weight is 340 g/mol. The molecule has 0 saturated heterocycles. The van der Waals surface area contributed by atoms with Gasteiger partial charge in [-0.3, -0.25) is 10.1 Å². The Morgan fingerprint density at radius 3 is 2.67 bits per heavy atom. The summed E-state index contributed by atoms with van der Waals surface area (Å²) in [5.41, 5.74) is -0.711. The van der Waals surface area contributed by atoms with Crippen molar-refractivity contribution in [2.45, 2.75) is 31.7 Å². The number of anilines is 1. The first-order chi connectivity index (χ1) is 11.4. The van der Waals surface area contributed by atoms with Gasteiger partial charge in [-0.2, -0.15) is 18.2 Å². The van der Waals surface area contributed by atoms with Crippen LogP contribution in [0.5, 0.6) is 0 Å². The number of fused-ring (bicyclic) bond motifs is 1. The first kappa shape index (κ1) is 16.4. The van der Waals surface area contributed by atoms with Crippen molar-refractivity contribution in [2.75, 3.05) is 12.4 Å². The van der Waals surface area contributed by atoms with Crippen LogP contribution >= 0.6 is 0 Å². The predicted octanol–water partition coefficient (Wildman–Crippen LogP) is 3.03. The van der Waals surface area contributed by atoms with Crippen LogP contribution in [0.25, 0.3) is 0 Å². The minimum absolute atomic E-state index is 0.0964. The molecule has 2 heterocycles. The van der Waals surface area contributed by atoms with Gasteiger partial charge in [0, 0.05) is 19.2 Å². The molecule has 0 spiro atoms. The molecule has 128 valence electrons. The average Bonchev–Trinajstić information content (AvgIpc) is 2.96. The van der Waals surface area contributed by atoms with Crippen LogP contribution in [0.2, 0.25) is 0 Å². The van der Waals surface area contributed by atoms with E-state index in [4.69, 9.17) is 4.74 Å². The third kappa shape index (κ3) is 3.25. The first-order valence-corrected chi connectivity index (χ1v) is 7.34. The Hall–Kier alpha value is -2.42. The summed E-state index contributed by atoms with van der Waals surface area (Å²) in [5, 5.41) is 6.68. The van der Waals surface area contributed by atoms with Crippen molar-refractivity contribution in [3.8, 4) is 0 Å². The first-order valence-electron chi connectivity index (χ1n) is 7.34. The second-order valence-corrected chi connectivity index (χ2v) is 5.41. The van der Waals surface area contributed by atoms with Gasteiger partial charge in [0.1, 0.15) is 6.10 Å². The maximum absolute atomic E-state index is 12.5. The number of nitrogens with one attached hydrogen (secondary N) is 1. The molecule has 0 radical (unpaired) electrons. The van der Waals surface area contributed by atoms with E-state index in [1.165, 1.54) is 0 Å². The van der Waals surface area contributed by atoms with E-state index in [-0.39, 0.29) is 17.6 Å². The highest BCUT2D eigenvalue weighted by Crippen LogP contribution is 2.29. The largest absolute Gasteiger partial charge is 0.416 e. The van der Waals surface area contributed by atoms with E-state index in [2.05, 4.69) is 15.4 Å². The van der Waals surface area contributed by atoms with Gasteiger partial charge in [-0.1, -0.05) is 0 Å². The molecule has 1 amide bonds. The lowest BCUT2D eigenvalue weighted by Gasteiger charge is -2.19. The van der Waals surface area contributed by atoms with Crippen molar-refractivity contribution in [1.29, 1.82) is 0 Å². The maximum Gasteiger partial charge on any atom is 0.416 e. The van der Waals surface area contributed by atoms with Crippen molar-refractivity contribution in [3.63, 3.8) is 0 Å². The number of nitrogens with zero attached hydrogens (tertiary/aromatic N) is 3. The van der Waals surface area contributed by atoms with Gasteiger partial charge < -0.3 is 4.74 Å². The lowest BCUT2D eigenvalue weighted by atomic mass is 10.1. The van der Waals surface area contributed by atoms with Gasteiger partial charge in [0.25, 0.3) is 5.91 Å². The van der Waals surface area contributed by atoms with Crippen molar-refractivity contribution < 1.29 is 22.7 Å². The van der Waals surface area contributed by atoms with Gasteiger partial charge in [0.15, 0.2) is 5.82 Å². The molecule has 1 unspecified atom stereocenters. The zero-order chi connectivity index (χ0) is 17.3. The Labute approximate surface area is 135 Å². The number of alkyl halides is 3. The number of methoxy groups -OCH3 is 1. The quantitative estimate of drug-likeness (QED) is 0.932. The Morgan fingerprint density at radius 1 is 1.33 bits per heavy atom. The fraction of sp³-hybridized carbons (Fsp3) is 0.400. The van der Waals surface area contributed by atoms with Gasteiger partial charge in [0.2, 0.25) is 5.95 Å². The van der Waals surface area contributed by atoms with Crippen molar-refractivity contribution in [2.24, 2.45) is 0 Å². The molecule has 0 aliphatic carbocycles. The van der Waals surface area contributed by atoms with E-state index < -0.39 is 17.6 Å². The number of hydrogen-bond acceptors (Lipinski definition) is 4. The van der Waals surface area contributed by atoms with Crippen LogP contribution in [-0.4, -0.2) is 27.8 Å². The molecule has 1 aromatic carbocycles. The molecule has 3 rings (SSSR count). The summed E-state index contributed by atoms with van der Waals surface area (Å²) < 4.78 is 44.6. The minimum Gasteiger partial charge on any atom is -0.373 e. The zero-order valence-corrected chi connectivity index (χ0v) is 12.8. The highest BCUT2D eigenvalue weighted by atomic mass is 19.4. The number of carbonyl (C=O) groups excluding carboxylic acids is 1. The molecular weight excluding hydrogens is 325 g/mol. The number of ether oxygens (including phenoxy) is 1. The third-order valence-electron chi connectivity index (χ3n) is 3.81. The number of rotatable bonds is 3. The van der Waals surface area contributed by atoms with Gasteiger partial charge in [-0.05, 0) is 37.1 Å². The number of hydrogen-bond donors (Lipinski definition) is 1. The smallest absolute Gasteiger partial charge is 0.373 e. The molecule has 24 heavy (non-hydrogen) atoms. The highest BCUT2D eigenvalue weighted by molar-refractivity contribution is 6.03. The van der Waals surface area contributed by atoms with Crippen LogP contribution in [0.15, 0.2) is 24.3 Å². The maximum atomic E-state index is 12.5. The number of amides is 1. The molecule has 2 aromatic rings. The molecule has 9 heteroatoms. The zero-order valence-electron chi connectivity index (χ0n) is 12.8. The van der Waals surface area contributed by atoms with E-state index in [1.807, 2.05) is 0 Å². The van der Waals surface area contributed by atoms with Gasteiger partial charge in [0.05, 0.1) is 5.56 Å². The second kappa shape index (κ2) is 6.23. The Kier molecular flexibility index (Phi) is 4.27. The molecule has 1 N–H and O–H groups in total. The van der Waals surface area contributed by atoms with Gasteiger partial charge in [-0.15, -0.1) is 5.10 Å². The number of aromatic nitrogens is 3. The molecule has 0 bridgehead atoms. The van der Waals surface area contributed by atoms with Crippen LogP contribution in [0.1, 0.15) is 40.7 Å². The van der Waals surface area contributed by atoms with Crippen LogP contribution in [0, 0.1) is 0 Å². The summed E-state index contributed by atoms with van der Waals surface area (Å²) in [4.78, 5) is 16.4. The van der Waals surface area contributed by atoms with Crippen LogP contribution in [0.4, 0.5) is 19.1 Å². The topological polar surface area (TPSA) is 69.0 Å². The summed E-state index contributed by atoms with van der Waals surface area (Å²) in [6.45, 7) is 0.679. The van der Waals surface area contributed by atoms with E-state index in [1.54, 1.807) is 11.8 Å². The molecular formula is C15H15F3N4O2. The summed E-state index contributed by atoms with van der Waals surface area (Å²) >= 11 is 0. The Bertz CT molecular complexity index is 740. The molecule has 6 nitrogen and oxygen atoms in total. The van der Waals surface area contributed by atoms with Crippen molar-refractivity contribution in [1.82, 2.24) is 14.8 Å². The van der Waals surface area contributed by atoms with Crippen LogP contribution < -0.4 is 5.32 Å². The van der Waals surface area contributed by atoms with Crippen molar-refractivity contribution in [3.05, 3.63) is 41.2 Å². The number of benzene rings is 1. The van der Waals surface area contributed by atoms with Gasteiger partial charge >= 0.3 is 6.18 Å². The van der Waals surface area contributed by atoms with E-state index in [9.17, 15) is 18.0 Å². The molecule has 1 aromatic heterocycles. The predicted molar refractivity (Wildman–Crippen MR) is 78.4 cm³/mol. The number of halogens is 3. The highest BCUT2D eigenvalue weighted by Gasteiger charge is 2.30. The van der Waals surface area contributed by atoms with Gasteiger partial charge in [-0.25, -0.2) is 4.68 Å². The summed E-state index contributed by atoms with van der Waals surface area (Å²) in [6, 6.07) is 3.96.